The van der Waals surface area contributed by atoms with Crippen LogP contribution in [0, 0.1) is 12.7 Å². The number of aliphatic imine (C=N–C) groups is 1. The SMILES string of the molecule is Cc1ccc(F)cc1[C@@H]1N=C(N2CCNCC2)C[C@H](c2cccc(Cl)c2)[C@@]12C(=O)Nc1cc(Cl)ccc12. The Morgan fingerprint density at radius 3 is 2.59 bits per heavy atom. The highest BCUT2D eigenvalue weighted by molar-refractivity contribution is 6.31. The molecule has 5 nitrogen and oxygen atoms in total. The van der Waals surface area contributed by atoms with Crippen LogP contribution >= 0.6 is 23.2 Å². The highest BCUT2D eigenvalue weighted by Crippen LogP contribution is 2.59. The average molecular weight is 537 g/mol. The van der Waals surface area contributed by atoms with E-state index in [9.17, 15) is 9.18 Å². The first-order chi connectivity index (χ1) is 17.9. The molecule has 3 aliphatic heterocycles. The van der Waals surface area contributed by atoms with E-state index in [1.165, 1.54) is 12.1 Å². The Morgan fingerprint density at radius 1 is 1.03 bits per heavy atom. The van der Waals surface area contributed by atoms with Gasteiger partial charge in [0.1, 0.15) is 17.1 Å². The van der Waals surface area contributed by atoms with Crippen molar-refractivity contribution in [1.82, 2.24) is 10.2 Å². The molecule has 1 fully saturated rings. The summed E-state index contributed by atoms with van der Waals surface area (Å²) in [6.07, 6.45) is 0.556. The second-order valence-electron chi connectivity index (χ2n) is 10.0. The molecule has 8 heteroatoms. The van der Waals surface area contributed by atoms with Crippen LogP contribution in [-0.4, -0.2) is 42.8 Å². The lowest BCUT2D eigenvalue weighted by Crippen LogP contribution is -2.53. The molecule has 3 aliphatic rings. The highest BCUT2D eigenvalue weighted by Gasteiger charge is 2.60. The molecule has 1 spiro atoms. The second-order valence-corrected chi connectivity index (χ2v) is 10.9. The minimum Gasteiger partial charge on any atom is -0.358 e. The van der Waals surface area contributed by atoms with Crippen molar-refractivity contribution in [3.05, 3.63) is 98.8 Å². The lowest BCUT2D eigenvalue weighted by Gasteiger charge is -2.47. The van der Waals surface area contributed by atoms with Crippen LogP contribution in [-0.2, 0) is 10.2 Å². The van der Waals surface area contributed by atoms with Crippen molar-refractivity contribution in [2.24, 2.45) is 4.99 Å². The zero-order valence-electron chi connectivity index (χ0n) is 20.4. The van der Waals surface area contributed by atoms with E-state index < -0.39 is 11.5 Å². The molecule has 3 heterocycles. The number of halogens is 3. The number of amidine groups is 1. The Bertz CT molecular complexity index is 1420. The summed E-state index contributed by atoms with van der Waals surface area (Å²) in [5, 5.41) is 7.64. The molecule has 3 aromatic rings. The molecule has 6 rings (SSSR count). The maximum atomic E-state index is 14.7. The van der Waals surface area contributed by atoms with E-state index in [1.54, 1.807) is 12.1 Å². The van der Waals surface area contributed by atoms with E-state index in [0.717, 1.165) is 48.7 Å². The van der Waals surface area contributed by atoms with E-state index >= 15 is 0 Å². The highest BCUT2D eigenvalue weighted by atomic mass is 35.5. The third kappa shape index (κ3) is 4.02. The smallest absolute Gasteiger partial charge is 0.238 e. The standard InChI is InChI=1S/C29H27Cl2FN4O/c1-17-5-7-21(32)15-22(17)27-29(23-8-6-20(31)14-25(23)34-28(29)37)24(18-3-2-4-19(30)13-18)16-26(35-27)36-11-9-33-10-12-36/h2-8,13-15,24,27,33H,9-12,16H2,1H3,(H,34,37)/t24-,27+,29-/m1/s1. The van der Waals surface area contributed by atoms with E-state index in [4.69, 9.17) is 28.2 Å². The topological polar surface area (TPSA) is 56.7 Å². The molecule has 1 amide bonds. The molecule has 0 saturated carbocycles. The molecular formula is C29H27Cl2FN4O. The number of fused-ring (bicyclic) bond motifs is 2. The summed E-state index contributed by atoms with van der Waals surface area (Å²) in [6, 6.07) is 17.3. The normalized spacial score (nSPS) is 25.1. The van der Waals surface area contributed by atoms with Crippen LogP contribution in [0.25, 0.3) is 0 Å². The predicted molar refractivity (Wildman–Crippen MR) is 146 cm³/mol. The monoisotopic (exact) mass is 536 g/mol. The van der Waals surface area contributed by atoms with Gasteiger partial charge in [0.15, 0.2) is 0 Å². The summed E-state index contributed by atoms with van der Waals surface area (Å²) in [7, 11) is 0. The lowest BCUT2D eigenvalue weighted by atomic mass is 9.59. The maximum absolute atomic E-state index is 14.7. The van der Waals surface area contributed by atoms with Crippen LogP contribution in [0.5, 0.6) is 0 Å². The van der Waals surface area contributed by atoms with Gasteiger partial charge in [0.2, 0.25) is 5.91 Å². The molecule has 1 saturated heterocycles. The van der Waals surface area contributed by atoms with E-state index in [0.29, 0.717) is 27.7 Å². The Hall–Kier alpha value is -2.93. The Morgan fingerprint density at radius 2 is 1.81 bits per heavy atom. The quantitative estimate of drug-likeness (QED) is 0.431. The number of aryl methyl sites for hydroxylation is 1. The molecule has 190 valence electrons. The molecule has 0 radical (unpaired) electrons. The van der Waals surface area contributed by atoms with Gasteiger partial charge in [-0.25, -0.2) is 4.39 Å². The van der Waals surface area contributed by atoms with Crippen LogP contribution in [0.15, 0.2) is 65.7 Å². The first-order valence-electron chi connectivity index (χ1n) is 12.5. The fraction of sp³-hybridized carbons (Fsp3) is 0.310. The van der Waals surface area contributed by atoms with E-state index in [-0.39, 0.29) is 17.6 Å². The average Bonchev–Trinajstić information content (AvgIpc) is 3.17. The largest absolute Gasteiger partial charge is 0.358 e. The van der Waals surface area contributed by atoms with Gasteiger partial charge in [-0.15, -0.1) is 0 Å². The summed E-state index contributed by atoms with van der Waals surface area (Å²) in [5.74, 6) is 0.130. The third-order valence-corrected chi connectivity index (χ3v) is 8.44. The van der Waals surface area contributed by atoms with E-state index in [2.05, 4.69) is 15.5 Å². The summed E-state index contributed by atoms with van der Waals surface area (Å²) in [6.45, 7) is 5.30. The number of hydrogen-bond donors (Lipinski definition) is 2. The van der Waals surface area contributed by atoms with Crippen LogP contribution in [0.3, 0.4) is 0 Å². The van der Waals surface area contributed by atoms with Gasteiger partial charge in [-0.3, -0.25) is 9.79 Å². The second kappa shape index (κ2) is 9.43. The van der Waals surface area contributed by atoms with Crippen molar-refractivity contribution in [3.63, 3.8) is 0 Å². The van der Waals surface area contributed by atoms with Crippen molar-refractivity contribution in [1.29, 1.82) is 0 Å². The van der Waals surface area contributed by atoms with Gasteiger partial charge in [-0.1, -0.05) is 47.5 Å². The Kier molecular flexibility index (Phi) is 6.22. The number of anilines is 1. The van der Waals surface area contributed by atoms with Crippen molar-refractivity contribution in [2.45, 2.75) is 30.7 Å². The molecule has 0 aliphatic carbocycles. The molecule has 3 aromatic carbocycles. The maximum Gasteiger partial charge on any atom is 0.238 e. The van der Waals surface area contributed by atoms with Gasteiger partial charge in [0, 0.05) is 54.3 Å². The zero-order chi connectivity index (χ0) is 25.7. The van der Waals surface area contributed by atoms with Gasteiger partial charge in [0.05, 0.1) is 6.04 Å². The molecule has 2 N–H and O–H groups in total. The fourth-order valence-corrected chi connectivity index (χ4v) is 6.61. The number of nitrogens with zero attached hydrogens (tertiary/aromatic N) is 2. The molecule has 37 heavy (non-hydrogen) atoms. The number of piperazine rings is 1. The lowest BCUT2D eigenvalue weighted by molar-refractivity contribution is -0.122. The number of hydrogen-bond acceptors (Lipinski definition) is 4. The molecule has 0 unspecified atom stereocenters. The summed E-state index contributed by atoms with van der Waals surface area (Å²) in [5.41, 5.74) is 2.93. The first-order valence-corrected chi connectivity index (χ1v) is 13.3. The minimum absolute atomic E-state index is 0.161. The minimum atomic E-state index is -1.11. The third-order valence-electron chi connectivity index (χ3n) is 7.97. The molecule has 3 atom stereocenters. The number of carbonyl (C=O) groups excluding carboxylic acids is 1. The number of benzene rings is 3. The van der Waals surface area contributed by atoms with Gasteiger partial charge in [0.25, 0.3) is 0 Å². The van der Waals surface area contributed by atoms with Gasteiger partial charge < -0.3 is 15.5 Å². The first kappa shape index (κ1) is 24.4. The van der Waals surface area contributed by atoms with Crippen molar-refractivity contribution >= 4 is 40.6 Å². The van der Waals surface area contributed by atoms with Gasteiger partial charge >= 0.3 is 0 Å². The number of rotatable bonds is 2. The number of amides is 1. The fourth-order valence-electron chi connectivity index (χ4n) is 6.24. The Labute approximate surface area is 225 Å². The summed E-state index contributed by atoms with van der Waals surface area (Å²) in [4.78, 5) is 21.9. The number of carbonyl (C=O) groups is 1. The molecule has 0 aromatic heterocycles. The van der Waals surface area contributed by atoms with Crippen LogP contribution in [0.1, 0.15) is 40.6 Å². The Balaban J connectivity index is 1.66. The predicted octanol–water partition coefficient (Wildman–Crippen LogP) is 5.86. The van der Waals surface area contributed by atoms with Crippen molar-refractivity contribution in [2.75, 3.05) is 31.5 Å². The molecule has 0 bridgehead atoms. The molecular weight excluding hydrogens is 510 g/mol. The van der Waals surface area contributed by atoms with Crippen LogP contribution in [0.4, 0.5) is 10.1 Å². The zero-order valence-corrected chi connectivity index (χ0v) is 21.9. The van der Waals surface area contributed by atoms with Crippen LogP contribution < -0.4 is 10.6 Å². The van der Waals surface area contributed by atoms with Crippen LogP contribution in [0.2, 0.25) is 10.0 Å². The van der Waals surface area contributed by atoms with Gasteiger partial charge in [-0.05, 0) is 65.6 Å². The van der Waals surface area contributed by atoms with Gasteiger partial charge in [-0.2, -0.15) is 0 Å². The summed E-state index contributed by atoms with van der Waals surface area (Å²) < 4.78 is 14.7. The summed E-state index contributed by atoms with van der Waals surface area (Å²) >= 11 is 12.8. The van der Waals surface area contributed by atoms with Crippen molar-refractivity contribution in [3.8, 4) is 0 Å². The van der Waals surface area contributed by atoms with Crippen molar-refractivity contribution < 1.29 is 9.18 Å². The van der Waals surface area contributed by atoms with E-state index in [1.807, 2.05) is 43.3 Å². The number of nitrogens with one attached hydrogen (secondary N) is 2.